The largest absolute Gasteiger partial charge is 0.481 e. The number of hydrogen-bond acceptors (Lipinski definition) is 8. The normalized spacial score (nSPS) is 31.2. The Balaban J connectivity index is 1.23. The van der Waals surface area contributed by atoms with Crippen LogP contribution in [0.1, 0.15) is 91.9 Å². The van der Waals surface area contributed by atoms with E-state index in [4.69, 9.17) is 4.84 Å². The van der Waals surface area contributed by atoms with Crippen molar-refractivity contribution >= 4 is 33.9 Å². The number of ketones is 1. The van der Waals surface area contributed by atoms with E-state index < -0.39 is 17.1 Å². The second-order valence-electron chi connectivity index (χ2n) is 14.7. The number of allylic oxidation sites excluding steroid dienone is 1. The Labute approximate surface area is 268 Å². The molecule has 3 N–H and O–H groups in total. The smallest absolute Gasteiger partial charge is 0.303 e. The molecule has 1 aromatic carbocycles. The van der Waals surface area contributed by atoms with Gasteiger partial charge in [0.1, 0.15) is 11.8 Å². The number of nitrogens with one attached hydrogen (secondary N) is 2. The number of carboxylic acid groups (broad SMARTS) is 1. The number of carbonyl (C=O) groups excluding carboxylic acids is 1. The fourth-order valence-corrected chi connectivity index (χ4v) is 9.57. The number of H-pyrrole nitrogens is 2. The SMILES string of the molecule is CCN(CCC(C)CC(=O)O)c1cc2c(=O)[nH][nH]c(=O)c2cc1N=NO[C@H]1CC[C@H]2[C@@H]3CCC4=CC(=O)CC[C@]4(C)[C@H]3CC[C@]12C. The number of fused-ring (bicyclic) bond motifs is 6. The van der Waals surface area contributed by atoms with Crippen LogP contribution in [0.5, 0.6) is 0 Å². The maximum absolute atomic E-state index is 12.7. The second-order valence-corrected chi connectivity index (χ2v) is 14.7. The summed E-state index contributed by atoms with van der Waals surface area (Å²) in [5.74, 6) is 1.16. The van der Waals surface area contributed by atoms with Crippen LogP contribution < -0.4 is 16.0 Å². The molecule has 1 heterocycles. The molecule has 0 amide bonds. The van der Waals surface area contributed by atoms with Crippen molar-refractivity contribution in [1.82, 2.24) is 10.2 Å². The van der Waals surface area contributed by atoms with Gasteiger partial charge in [-0.3, -0.25) is 29.4 Å². The minimum atomic E-state index is -0.834. The highest BCUT2D eigenvalue weighted by Gasteiger charge is 2.60. The molecule has 3 saturated carbocycles. The first-order chi connectivity index (χ1) is 21.9. The molecule has 3 fully saturated rings. The van der Waals surface area contributed by atoms with E-state index in [-0.39, 0.29) is 45.8 Å². The zero-order chi connectivity index (χ0) is 32.8. The van der Waals surface area contributed by atoms with Crippen molar-refractivity contribution in [2.45, 2.75) is 98.0 Å². The molecule has 6 rings (SSSR count). The molecule has 0 spiro atoms. The highest BCUT2D eigenvalue weighted by atomic mass is 16.7. The van der Waals surface area contributed by atoms with E-state index in [9.17, 15) is 24.3 Å². The molecule has 46 heavy (non-hydrogen) atoms. The van der Waals surface area contributed by atoms with Gasteiger partial charge in [-0.15, -0.1) is 5.11 Å². The van der Waals surface area contributed by atoms with Crippen molar-refractivity contribution in [3.05, 3.63) is 44.5 Å². The van der Waals surface area contributed by atoms with Crippen molar-refractivity contribution in [3.63, 3.8) is 0 Å². The summed E-state index contributed by atoms with van der Waals surface area (Å²) in [5.41, 5.74) is 1.70. The monoisotopic (exact) mass is 633 g/mol. The van der Waals surface area contributed by atoms with Crippen molar-refractivity contribution in [3.8, 4) is 0 Å². The Morgan fingerprint density at radius 2 is 1.78 bits per heavy atom. The number of aromatic amines is 2. The molecule has 0 aliphatic heterocycles. The van der Waals surface area contributed by atoms with Crippen LogP contribution in [0.2, 0.25) is 0 Å². The number of aromatic nitrogens is 2. The summed E-state index contributed by atoms with van der Waals surface area (Å²) in [6.45, 7) is 9.78. The van der Waals surface area contributed by atoms with Crippen LogP contribution in [0.3, 0.4) is 0 Å². The lowest BCUT2D eigenvalue weighted by molar-refractivity contribution is -0.138. The highest BCUT2D eigenvalue weighted by molar-refractivity contribution is 5.92. The number of benzene rings is 1. The van der Waals surface area contributed by atoms with Gasteiger partial charge in [-0.25, -0.2) is 0 Å². The Morgan fingerprint density at radius 1 is 1.04 bits per heavy atom. The molecule has 7 atom stereocenters. The van der Waals surface area contributed by atoms with Gasteiger partial charge in [0, 0.05) is 36.6 Å². The third-order valence-corrected chi connectivity index (χ3v) is 12.2. The summed E-state index contributed by atoms with van der Waals surface area (Å²) in [7, 11) is 0. The van der Waals surface area contributed by atoms with Gasteiger partial charge in [0.05, 0.1) is 16.5 Å². The van der Waals surface area contributed by atoms with Crippen LogP contribution in [0.4, 0.5) is 11.4 Å². The number of carbonyl (C=O) groups is 2. The van der Waals surface area contributed by atoms with Crippen LogP contribution in [-0.4, -0.2) is 46.2 Å². The molecular formula is C35H47N5O6. The molecule has 1 aromatic heterocycles. The Hall–Kier alpha value is -3.76. The fraction of sp³-hybridized carbons (Fsp3) is 0.657. The van der Waals surface area contributed by atoms with Gasteiger partial charge in [0.25, 0.3) is 11.1 Å². The average Bonchev–Trinajstić information content (AvgIpc) is 3.35. The summed E-state index contributed by atoms with van der Waals surface area (Å²) in [5, 5.41) is 23.3. The van der Waals surface area contributed by atoms with E-state index in [0.717, 1.165) is 44.9 Å². The van der Waals surface area contributed by atoms with Crippen LogP contribution in [-0.2, 0) is 14.4 Å². The number of rotatable bonds is 10. The van der Waals surface area contributed by atoms with E-state index in [1.165, 1.54) is 5.57 Å². The first kappa shape index (κ1) is 32.2. The summed E-state index contributed by atoms with van der Waals surface area (Å²) in [4.78, 5) is 57.0. The van der Waals surface area contributed by atoms with E-state index in [0.29, 0.717) is 55.1 Å². The number of carboxylic acids is 1. The summed E-state index contributed by atoms with van der Waals surface area (Å²) < 4.78 is 0. The number of nitrogens with zero attached hydrogens (tertiary/aromatic N) is 3. The molecule has 248 valence electrons. The van der Waals surface area contributed by atoms with Gasteiger partial charge in [0.15, 0.2) is 5.78 Å². The van der Waals surface area contributed by atoms with Crippen LogP contribution in [0, 0.1) is 34.5 Å². The zero-order valence-corrected chi connectivity index (χ0v) is 27.4. The average molecular weight is 634 g/mol. The van der Waals surface area contributed by atoms with Crippen LogP contribution in [0.15, 0.2) is 43.8 Å². The standard InChI is InChI=1S/C35H47N5O6/c1-5-40(15-12-20(2)16-31(42)43)29-19-25-24(32(44)37-38-33(25)45)18-28(29)36-39-46-30-9-8-26-23-7-6-21-17-22(41)10-13-34(21,3)27(23)11-14-35(26,30)4/h17-20,23,26-27,30H,5-16H2,1-4H3,(H,37,44)(H,38,45)(H,42,43)/t20?,23-,26-,27-,30-,34-,35-/m0/s1. The summed E-state index contributed by atoms with van der Waals surface area (Å²) >= 11 is 0. The minimum absolute atomic E-state index is 0.0192. The molecule has 4 aliphatic carbocycles. The van der Waals surface area contributed by atoms with Crippen LogP contribution >= 0.6 is 0 Å². The van der Waals surface area contributed by atoms with Gasteiger partial charge in [-0.2, -0.15) is 0 Å². The van der Waals surface area contributed by atoms with Crippen molar-refractivity contribution in [2.24, 2.45) is 44.9 Å². The second kappa shape index (κ2) is 12.4. The Morgan fingerprint density at radius 3 is 2.50 bits per heavy atom. The molecule has 11 heteroatoms. The minimum Gasteiger partial charge on any atom is -0.481 e. The molecule has 11 nitrogen and oxygen atoms in total. The molecule has 2 aromatic rings. The van der Waals surface area contributed by atoms with Crippen LogP contribution in [0.25, 0.3) is 10.8 Å². The first-order valence-electron chi connectivity index (χ1n) is 17.0. The lowest BCUT2D eigenvalue weighted by Crippen LogP contribution is -2.51. The van der Waals surface area contributed by atoms with Gasteiger partial charge in [-0.05, 0) is 106 Å². The van der Waals surface area contributed by atoms with E-state index >= 15 is 0 Å². The fourth-order valence-electron chi connectivity index (χ4n) is 9.57. The van der Waals surface area contributed by atoms with Gasteiger partial charge in [0.2, 0.25) is 0 Å². The predicted molar refractivity (Wildman–Crippen MR) is 175 cm³/mol. The lowest BCUT2D eigenvalue weighted by atomic mass is 9.47. The predicted octanol–water partition coefficient (Wildman–Crippen LogP) is 6.46. The van der Waals surface area contributed by atoms with Crippen molar-refractivity contribution in [1.29, 1.82) is 0 Å². The third-order valence-electron chi connectivity index (χ3n) is 12.2. The molecule has 0 radical (unpaired) electrons. The molecule has 4 aliphatic rings. The Kier molecular flexibility index (Phi) is 8.71. The Bertz CT molecular complexity index is 1690. The van der Waals surface area contributed by atoms with Gasteiger partial charge < -0.3 is 14.8 Å². The van der Waals surface area contributed by atoms with E-state index in [1.807, 2.05) is 24.8 Å². The van der Waals surface area contributed by atoms with Crippen molar-refractivity contribution < 1.29 is 19.5 Å². The van der Waals surface area contributed by atoms with E-state index in [2.05, 4.69) is 34.4 Å². The number of hydrogen-bond donors (Lipinski definition) is 3. The highest BCUT2D eigenvalue weighted by Crippen LogP contribution is 2.65. The quantitative estimate of drug-likeness (QED) is 0.200. The maximum Gasteiger partial charge on any atom is 0.303 e. The van der Waals surface area contributed by atoms with Gasteiger partial charge in [-0.1, -0.05) is 26.3 Å². The zero-order valence-electron chi connectivity index (χ0n) is 27.4. The molecule has 0 saturated heterocycles. The number of anilines is 1. The number of aliphatic carboxylic acids is 1. The van der Waals surface area contributed by atoms with Crippen molar-refractivity contribution in [2.75, 3.05) is 18.0 Å². The molecule has 0 bridgehead atoms. The first-order valence-corrected chi connectivity index (χ1v) is 17.0. The van der Waals surface area contributed by atoms with Gasteiger partial charge >= 0.3 is 5.97 Å². The topological polar surface area (TPSA) is 157 Å². The lowest BCUT2D eigenvalue weighted by Gasteiger charge is -2.57. The summed E-state index contributed by atoms with van der Waals surface area (Å²) in [6.07, 6.45) is 10.5. The molecule has 1 unspecified atom stereocenters. The molecular weight excluding hydrogens is 586 g/mol. The summed E-state index contributed by atoms with van der Waals surface area (Å²) in [6, 6.07) is 3.25. The van der Waals surface area contributed by atoms with E-state index in [1.54, 1.807) is 12.1 Å². The maximum atomic E-state index is 12.7. The third kappa shape index (κ3) is 5.70.